The van der Waals surface area contributed by atoms with Crippen molar-refractivity contribution < 1.29 is 14.3 Å². The number of hydrogen-bond donors (Lipinski definition) is 0. The summed E-state index contributed by atoms with van der Waals surface area (Å²) in [5, 5.41) is 9.55. The van der Waals surface area contributed by atoms with E-state index in [4.69, 9.17) is 9.47 Å². The number of nitrogens with zero attached hydrogens (tertiary/aromatic N) is 3. The molecule has 0 saturated carbocycles. The summed E-state index contributed by atoms with van der Waals surface area (Å²) in [4.78, 5) is 17.1. The lowest BCUT2D eigenvalue weighted by Gasteiger charge is -2.10. The second kappa shape index (κ2) is 9.07. The monoisotopic (exact) mass is 389 g/mol. The third kappa shape index (κ3) is 4.64. The van der Waals surface area contributed by atoms with Crippen LogP contribution in [0.1, 0.15) is 37.1 Å². The van der Waals surface area contributed by atoms with Crippen molar-refractivity contribution in [2.75, 3.05) is 0 Å². The van der Waals surface area contributed by atoms with Crippen molar-refractivity contribution in [1.82, 2.24) is 9.38 Å². The van der Waals surface area contributed by atoms with E-state index in [0.717, 1.165) is 17.5 Å². The van der Waals surface area contributed by atoms with Crippen LogP contribution >= 0.6 is 0 Å². The molecular formula is C23H23N3O3. The standard InChI is InChI=1S/C23H23N3O3/c1-4-17(3)29-22-20(26-12-8-9-16(2)21(26)25-22)13-19(14-24)23(27)28-15-18-10-6-5-7-11-18/h5-13,17H,4,15H2,1-3H3/b19-13-. The normalized spacial score (nSPS) is 12.4. The Balaban J connectivity index is 1.95. The number of aryl methyl sites for hydroxylation is 1. The molecule has 0 aliphatic rings. The lowest BCUT2D eigenvalue weighted by Crippen LogP contribution is -2.11. The van der Waals surface area contributed by atoms with E-state index in [0.29, 0.717) is 17.2 Å². The number of benzene rings is 1. The Morgan fingerprint density at radius 1 is 1.28 bits per heavy atom. The third-order valence-electron chi connectivity index (χ3n) is 4.57. The van der Waals surface area contributed by atoms with E-state index in [2.05, 4.69) is 4.98 Å². The Kier molecular flexibility index (Phi) is 6.30. The van der Waals surface area contributed by atoms with E-state index in [1.165, 1.54) is 6.08 Å². The molecule has 29 heavy (non-hydrogen) atoms. The summed E-state index contributed by atoms with van der Waals surface area (Å²) in [7, 11) is 0. The maximum Gasteiger partial charge on any atom is 0.349 e. The van der Waals surface area contributed by atoms with Crippen molar-refractivity contribution in [1.29, 1.82) is 5.26 Å². The summed E-state index contributed by atoms with van der Waals surface area (Å²) >= 11 is 0. The minimum absolute atomic E-state index is 0.0528. The molecule has 0 spiro atoms. The van der Waals surface area contributed by atoms with Crippen LogP contribution in [0.5, 0.6) is 5.88 Å². The molecule has 0 radical (unpaired) electrons. The van der Waals surface area contributed by atoms with Gasteiger partial charge >= 0.3 is 5.97 Å². The highest BCUT2D eigenvalue weighted by Gasteiger charge is 2.19. The number of fused-ring (bicyclic) bond motifs is 1. The quantitative estimate of drug-likeness (QED) is 0.338. The third-order valence-corrected chi connectivity index (χ3v) is 4.57. The highest BCUT2D eigenvalue weighted by molar-refractivity contribution is 5.98. The van der Waals surface area contributed by atoms with Gasteiger partial charge in [0.25, 0.3) is 0 Å². The molecule has 2 aromatic heterocycles. The first-order valence-electron chi connectivity index (χ1n) is 9.50. The second-order valence-electron chi connectivity index (χ2n) is 6.76. The maximum atomic E-state index is 12.5. The first kappa shape index (κ1) is 20.2. The summed E-state index contributed by atoms with van der Waals surface area (Å²) in [5.74, 6) is -0.300. The zero-order valence-electron chi connectivity index (χ0n) is 16.8. The van der Waals surface area contributed by atoms with Crippen molar-refractivity contribution in [3.8, 4) is 11.9 Å². The van der Waals surface area contributed by atoms with Gasteiger partial charge in [-0.25, -0.2) is 4.79 Å². The Hall–Kier alpha value is -3.59. The van der Waals surface area contributed by atoms with Crippen LogP contribution in [0.3, 0.4) is 0 Å². The topological polar surface area (TPSA) is 76.6 Å². The molecule has 3 rings (SSSR count). The van der Waals surface area contributed by atoms with Gasteiger partial charge in [-0.15, -0.1) is 0 Å². The molecule has 6 nitrogen and oxygen atoms in total. The molecule has 1 aromatic carbocycles. The second-order valence-corrected chi connectivity index (χ2v) is 6.76. The number of esters is 1. The number of imidazole rings is 1. The molecule has 0 N–H and O–H groups in total. The molecular weight excluding hydrogens is 366 g/mol. The minimum Gasteiger partial charge on any atom is -0.473 e. The molecule has 148 valence electrons. The van der Waals surface area contributed by atoms with Crippen LogP contribution in [0.4, 0.5) is 0 Å². The van der Waals surface area contributed by atoms with Gasteiger partial charge in [0, 0.05) is 6.20 Å². The minimum atomic E-state index is -0.687. The fourth-order valence-electron chi connectivity index (χ4n) is 2.77. The van der Waals surface area contributed by atoms with Gasteiger partial charge in [0.15, 0.2) is 0 Å². The number of carbonyl (C=O) groups excluding carboxylic acids is 1. The molecule has 6 heteroatoms. The van der Waals surface area contributed by atoms with Crippen molar-refractivity contribution >= 4 is 17.7 Å². The first-order valence-corrected chi connectivity index (χ1v) is 9.50. The van der Waals surface area contributed by atoms with E-state index < -0.39 is 5.97 Å². The van der Waals surface area contributed by atoms with Gasteiger partial charge in [-0.1, -0.05) is 43.3 Å². The van der Waals surface area contributed by atoms with Crippen molar-refractivity contribution in [2.24, 2.45) is 0 Å². The maximum absolute atomic E-state index is 12.5. The molecule has 2 heterocycles. The van der Waals surface area contributed by atoms with Crippen molar-refractivity contribution in [3.63, 3.8) is 0 Å². The van der Waals surface area contributed by atoms with Gasteiger partial charge in [0.2, 0.25) is 5.88 Å². The van der Waals surface area contributed by atoms with Gasteiger partial charge in [-0.3, -0.25) is 4.40 Å². The van der Waals surface area contributed by atoms with Crippen LogP contribution in [0.25, 0.3) is 11.7 Å². The van der Waals surface area contributed by atoms with E-state index in [-0.39, 0.29) is 18.3 Å². The first-order chi connectivity index (χ1) is 14.0. The molecule has 1 atom stereocenters. The number of nitriles is 1. The molecule has 0 amide bonds. The fraction of sp³-hybridized carbons (Fsp3) is 0.261. The van der Waals surface area contributed by atoms with Crippen LogP contribution in [0.15, 0.2) is 54.2 Å². The van der Waals surface area contributed by atoms with Gasteiger partial charge in [0.1, 0.15) is 29.6 Å². The summed E-state index contributed by atoms with van der Waals surface area (Å²) in [6.07, 6.45) is 4.06. The van der Waals surface area contributed by atoms with E-state index in [1.807, 2.05) is 79.9 Å². The van der Waals surface area contributed by atoms with Gasteiger partial charge in [-0.05, 0) is 43.5 Å². The van der Waals surface area contributed by atoms with Gasteiger partial charge in [-0.2, -0.15) is 10.2 Å². The van der Waals surface area contributed by atoms with Crippen LogP contribution in [-0.4, -0.2) is 21.5 Å². The molecule has 0 saturated heterocycles. The fourth-order valence-corrected chi connectivity index (χ4v) is 2.77. The Morgan fingerprint density at radius 2 is 2.03 bits per heavy atom. The largest absolute Gasteiger partial charge is 0.473 e. The van der Waals surface area contributed by atoms with E-state index in [9.17, 15) is 10.1 Å². The lowest BCUT2D eigenvalue weighted by atomic mass is 10.2. The number of hydrogen-bond acceptors (Lipinski definition) is 5. The van der Waals surface area contributed by atoms with Crippen LogP contribution < -0.4 is 4.74 Å². The molecule has 1 unspecified atom stereocenters. The number of aromatic nitrogens is 2. The summed E-state index contributed by atoms with van der Waals surface area (Å²) in [6.45, 7) is 6.01. The Labute approximate surface area is 170 Å². The number of pyridine rings is 1. The Bertz CT molecular complexity index is 1080. The van der Waals surface area contributed by atoms with Gasteiger partial charge < -0.3 is 9.47 Å². The smallest absolute Gasteiger partial charge is 0.349 e. The van der Waals surface area contributed by atoms with Crippen LogP contribution in [-0.2, 0) is 16.1 Å². The molecule has 0 aliphatic carbocycles. The van der Waals surface area contributed by atoms with Crippen LogP contribution in [0, 0.1) is 18.3 Å². The Morgan fingerprint density at radius 3 is 2.72 bits per heavy atom. The zero-order valence-corrected chi connectivity index (χ0v) is 16.8. The predicted molar refractivity (Wildman–Crippen MR) is 110 cm³/mol. The number of ether oxygens (including phenoxy) is 2. The summed E-state index contributed by atoms with van der Waals surface area (Å²) in [6, 6.07) is 15.1. The van der Waals surface area contributed by atoms with Crippen molar-refractivity contribution in [2.45, 2.75) is 39.9 Å². The molecule has 0 aliphatic heterocycles. The number of carbonyl (C=O) groups is 1. The van der Waals surface area contributed by atoms with E-state index in [1.54, 1.807) is 0 Å². The van der Waals surface area contributed by atoms with Crippen molar-refractivity contribution in [3.05, 3.63) is 71.1 Å². The molecule has 0 bridgehead atoms. The highest BCUT2D eigenvalue weighted by atomic mass is 16.5. The summed E-state index contributed by atoms with van der Waals surface area (Å²) < 4.78 is 13.1. The lowest BCUT2D eigenvalue weighted by molar-refractivity contribution is -0.139. The average Bonchev–Trinajstić information content (AvgIpc) is 3.09. The highest BCUT2D eigenvalue weighted by Crippen LogP contribution is 2.26. The average molecular weight is 389 g/mol. The predicted octanol–water partition coefficient (Wildman–Crippen LogP) is 4.47. The molecule has 0 fully saturated rings. The SMILES string of the molecule is CCC(C)Oc1nc2c(C)cccn2c1/C=C(/C#N)C(=O)OCc1ccccc1. The summed E-state index contributed by atoms with van der Waals surface area (Å²) in [5.41, 5.74) is 2.96. The van der Waals surface area contributed by atoms with Gasteiger partial charge in [0.05, 0.1) is 6.10 Å². The molecule has 3 aromatic rings. The zero-order chi connectivity index (χ0) is 20.8. The van der Waals surface area contributed by atoms with Crippen LogP contribution in [0.2, 0.25) is 0 Å². The number of rotatable bonds is 7. The van der Waals surface area contributed by atoms with E-state index >= 15 is 0 Å².